The van der Waals surface area contributed by atoms with E-state index in [0.29, 0.717) is 41.8 Å². The second-order valence-corrected chi connectivity index (χ2v) is 6.12. The van der Waals surface area contributed by atoms with Crippen molar-refractivity contribution in [2.24, 2.45) is 0 Å². The number of furan rings is 1. The molecule has 0 aliphatic carbocycles. The molecule has 3 aromatic rings. The minimum Gasteiger partial charge on any atom is -0.468 e. The first-order valence-corrected chi connectivity index (χ1v) is 8.63. The van der Waals surface area contributed by atoms with Crippen molar-refractivity contribution in [3.05, 3.63) is 30.3 Å². The minimum atomic E-state index is -0.813. The summed E-state index contributed by atoms with van der Waals surface area (Å²) < 4.78 is 32.1. The van der Waals surface area contributed by atoms with Crippen LogP contribution in [-0.4, -0.2) is 33.2 Å². The number of rotatable bonds is 5. The molecule has 8 nitrogen and oxygen atoms in total. The summed E-state index contributed by atoms with van der Waals surface area (Å²) in [4.78, 5) is 12.1. The van der Waals surface area contributed by atoms with E-state index in [1.165, 1.54) is 7.11 Å². The van der Waals surface area contributed by atoms with Gasteiger partial charge >= 0.3 is 6.08 Å². The van der Waals surface area contributed by atoms with Crippen LogP contribution in [0.2, 0.25) is 0 Å². The molecule has 0 saturated carbocycles. The molecule has 1 fully saturated rings. The summed E-state index contributed by atoms with van der Waals surface area (Å²) in [7, 11) is 1.53. The van der Waals surface area contributed by atoms with Crippen LogP contribution in [0.3, 0.4) is 0 Å². The normalized spacial score (nSPS) is 18.0. The Kier molecular flexibility index (Phi) is 4.70. The van der Waals surface area contributed by atoms with Gasteiger partial charge in [-0.05, 0) is 25.3 Å². The highest BCUT2D eigenvalue weighted by Gasteiger charge is 2.20. The Morgan fingerprint density at radius 2 is 2.23 bits per heavy atom. The van der Waals surface area contributed by atoms with Gasteiger partial charge in [0.05, 0.1) is 20.0 Å². The van der Waals surface area contributed by atoms with Crippen molar-refractivity contribution < 1.29 is 18.3 Å². The molecule has 0 spiro atoms. The summed E-state index contributed by atoms with van der Waals surface area (Å²) in [5.41, 5.74) is 0.918. The summed E-state index contributed by atoms with van der Waals surface area (Å²) in [5, 5.41) is 3.05. The number of methoxy groups -OCH3 is 1. The molecule has 4 rings (SSSR count). The van der Waals surface area contributed by atoms with Crippen LogP contribution in [-0.2, 0) is 11.3 Å². The Morgan fingerprint density at radius 1 is 1.31 bits per heavy atom. The number of ether oxygens (including phenoxy) is 2. The van der Waals surface area contributed by atoms with Crippen LogP contribution in [0.15, 0.2) is 22.9 Å². The molecule has 3 aromatic heterocycles. The fraction of sp³-hybridized carbons (Fsp3) is 0.471. The summed E-state index contributed by atoms with van der Waals surface area (Å²) in [5.74, 6) is 1.37. The average molecular weight is 361 g/mol. The molecule has 138 valence electrons. The highest BCUT2D eigenvalue weighted by Crippen LogP contribution is 2.27. The van der Waals surface area contributed by atoms with Crippen molar-refractivity contribution >= 4 is 17.0 Å². The molecule has 1 aliphatic rings. The SMILES string of the molecule is COc1ccc(CNc2nc(F)nc3c2ncn3C2CCCCCO2)o1. The largest absolute Gasteiger partial charge is 0.468 e. The first-order valence-electron chi connectivity index (χ1n) is 8.63. The van der Waals surface area contributed by atoms with Crippen LogP contribution >= 0.6 is 0 Å². The molecule has 0 bridgehead atoms. The second kappa shape index (κ2) is 7.28. The van der Waals surface area contributed by atoms with E-state index in [4.69, 9.17) is 13.9 Å². The number of nitrogens with zero attached hydrogens (tertiary/aromatic N) is 4. The Hall–Kier alpha value is -2.68. The second-order valence-electron chi connectivity index (χ2n) is 6.12. The lowest BCUT2D eigenvalue weighted by atomic mass is 10.2. The number of imidazole rings is 1. The standard InChI is InChI=1S/C17H20FN5O3/c1-24-13-7-6-11(26-13)9-19-15-14-16(22-17(18)21-15)23(10-20-14)12-5-3-2-4-8-25-12/h6-7,10,12H,2-5,8-9H2,1H3,(H,19,21,22). The molecule has 1 saturated heterocycles. The molecule has 4 heterocycles. The number of anilines is 1. The molecule has 9 heteroatoms. The zero-order chi connectivity index (χ0) is 17.9. The van der Waals surface area contributed by atoms with Gasteiger partial charge in [0, 0.05) is 12.7 Å². The maximum absolute atomic E-state index is 14.0. The zero-order valence-corrected chi connectivity index (χ0v) is 14.4. The lowest BCUT2D eigenvalue weighted by molar-refractivity contribution is 0.00928. The van der Waals surface area contributed by atoms with Gasteiger partial charge in [-0.3, -0.25) is 4.57 Å². The van der Waals surface area contributed by atoms with Crippen molar-refractivity contribution in [2.75, 3.05) is 19.0 Å². The van der Waals surface area contributed by atoms with Gasteiger partial charge in [-0.15, -0.1) is 0 Å². The van der Waals surface area contributed by atoms with E-state index in [2.05, 4.69) is 20.3 Å². The quantitative estimate of drug-likeness (QED) is 0.698. The summed E-state index contributed by atoms with van der Waals surface area (Å²) >= 11 is 0. The number of hydrogen-bond donors (Lipinski definition) is 1. The predicted octanol–water partition coefficient (Wildman–Crippen LogP) is 3.27. The number of nitrogens with one attached hydrogen (secondary N) is 1. The Morgan fingerprint density at radius 3 is 3.08 bits per heavy atom. The molecular weight excluding hydrogens is 341 g/mol. The van der Waals surface area contributed by atoms with Crippen LogP contribution in [0.25, 0.3) is 11.2 Å². The maximum atomic E-state index is 14.0. The van der Waals surface area contributed by atoms with Crippen LogP contribution in [0.1, 0.15) is 37.7 Å². The third kappa shape index (κ3) is 3.34. The predicted molar refractivity (Wildman–Crippen MR) is 91.3 cm³/mol. The maximum Gasteiger partial charge on any atom is 0.312 e. The van der Waals surface area contributed by atoms with Crippen molar-refractivity contribution in [3.8, 4) is 5.95 Å². The summed E-state index contributed by atoms with van der Waals surface area (Å²) in [6.07, 6.45) is 4.72. The first-order chi connectivity index (χ1) is 12.7. The molecule has 1 unspecified atom stereocenters. The smallest absolute Gasteiger partial charge is 0.312 e. The summed E-state index contributed by atoms with van der Waals surface area (Å²) in [6, 6.07) is 3.49. The van der Waals surface area contributed by atoms with Gasteiger partial charge in [-0.2, -0.15) is 14.4 Å². The van der Waals surface area contributed by atoms with E-state index in [1.54, 1.807) is 23.0 Å². The number of aromatic nitrogens is 4. The molecule has 1 aliphatic heterocycles. The highest BCUT2D eigenvalue weighted by molar-refractivity contribution is 5.82. The molecular formula is C17H20FN5O3. The van der Waals surface area contributed by atoms with E-state index in [0.717, 1.165) is 25.7 Å². The third-order valence-electron chi connectivity index (χ3n) is 4.38. The number of hydrogen-bond acceptors (Lipinski definition) is 7. The molecule has 1 N–H and O–H groups in total. The van der Waals surface area contributed by atoms with E-state index in [1.807, 2.05) is 0 Å². The van der Waals surface area contributed by atoms with Gasteiger partial charge in [-0.1, -0.05) is 6.42 Å². The van der Waals surface area contributed by atoms with Gasteiger partial charge in [0.2, 0.25) is 0 Å². The fourth-order valence-electron chi connectivity index (χ4n) is 3.08. The van der Waals surface area contributed by atoms with Gasteiger partial charge < -0.3 is 19.2 Å². The summed E-state index contributed by atoms with van der Waals surface area (Å²) in [6.45, 7) is 1.01. The Balaban J connectivity index is 1.60. The van der Waals surface area contributed by atoms with Crippen molar-refractivity contribution in [3.63, 3.8) is 0 Å². The molecule has 1 atom stereocenters. The van der Waals surface area contributed by atoms with Crippen LogP contribution in [0.5, 0.6) is 5.95 Å². The van der Waals surface area contributed by atoms with Gasteiger partial charge in [0.15, 0.2) is 17.0 Å². The van der Waals surface area contributed by atoms with E-state index < -0.39 is 6.08 Å². The fourth-order valence-corrected chi connectivity index (χ4v) is 3.08. The topological polar surface area (TPSA) is 87.2 Å². The molecule has 0 aromatic carbocycles. The number of fused-ring (bicyclic) bond motifs is 1. The van der Waals surface area contributed by atoms with Gasteiger partial charge in [0.1, 0.15) is 12.0 Å². The van der Waals surface area contributed by atoms with Crippen LogP contribution < -0.4 is 10.1 Å². The molecule has 26 heavy (non-hydrogen) atoms. The Bertz CT molecular complexity index is 886. The minimum absolute atomic E-state index is 0.181. The van der Waals surface area contributed by atoms with Crippen molar-refractivity contribution in [2.45, 2.75) is 38.5 Å². The third-order valence-corrected chi connectivity index (χ3v) is 4.38. The van der Waals surface area contributed by atoms with Crippen molar-refractivity contribution in [1.29, 1.82) is 0 Å². The average Bonchev–Trinajstić information content (AvgIpc) is 3.19. The van der Waals surface area contributed by atoms with E-state index >= 15 is 0 Å². The highest BCUT2D eigenvalue weighted by atomic mass is 19.1. The Labute approximate surface area is 149 Å². The lowest BCUT2D eigenvalue weighted by Gasteiger charge is -2.16. The van der Waals surface area contributed by atoms with Gasteiger partial charge in [0.25, 0.3) is 5.95 Å². The van der Waals surface area contributed by atoms with Gasteiger partial charge in [-0.25, -0.2) is 4.98 Å². The first kappa shape index (κ1) is 16.8. The lowest BCUT2D eigenvalue weighted by Crippen LogP contribution is -2.12. The number of halogens is 1. The van der Waals surface area contributed by atoms with E-state index in [9.17, 15) is 4.39 Å². The van der Waals surface area contributed by atoms with Crippen LogP contribution in [0, 0.1) is 6.08 Å². The molecule has 0 radical (unpaired) electrons. The van der Waals surface area contributed by atoms with Crippen molar-refractivity contribution in [1.82, 2.24) is 19.5 Å². The molecule has 0 amide bonds. The zero-order valence-electron chi connectivity index (χ0n) is 14.4. The monoisotopic (exact) mass is 361 g/mol. The van der Waals surface area contributed by atoms with Crippen LogP contribution in [0.4, 0.5) is 10.2 Å². The van der Waals surface area contributed by atoms with E-state index in [-0.39, 0.29) is 6.23 Å².